The zero-order chi connectivity index (χ0) is 13.1. The van der Waals surface area contributed by atoms with Crippen LogP contribution in [0.5, 0.6) is 0 Å². The Labute approximate surface area is 103 Å². The van der Waals surface area contributed by atoms with Crippen molar-refractivity contribution < 1.29 is 8.42 Å². The molecule has 1 heterocycles. The minimum Gasteiger partial charge on any atom is -0.274 e. The van der Waals surface area contributed by atoms with Gasteiger partial charge in [0.25, 0.3) is 0 Å². The second-order valence-electron chi connectivity index (χ2n) is 4.10. The molecule has 0 unspecified atom stereocenters. The van der Waals surface area contributed by atoms with Crippen molar-refractivity contribution in [3.63, 3.8) is 0 Å². The second kappa shape index (κ2) is 5.64. The van der Waals surface area contributed by atoms with Gasteiger partial charge >= 0.3 is 0 Å². The van der Waals surface area contributed by atoms with Gasteiger partial charge in [0.05, 0.1) is 5.69 Å². The molecule has 0 aliphatic rings. The molecule has 1 aromatic heterocycles. The molecule has 0 fully saturated rings. The predicted octanol–water partition coefficient (Wildman–Crippen LogP) is 1.54. The zero-order valence-electron chi connectivity index (χ0n) is 11.0. The van der Waals surface area contributed by atoms with E-state index in [9.17, 15) is 8.42 Å². The van der Waals surface area contributed by atoms with Crippen molar-refractivity contribution in [2.75, 3.05) is 13.1 Å². The van der Waals surface area contributed by atoms with E-state index in [1.807, 2.05) is 6.92 Å². The molecule has 1 rings (SSSR count). The highest BCUT2D eigenvalue weighted by Gasteiger charge is 2.26. The van der Waals surface area contributed by atoms with Crippen LogP contribution in [0.1, 0.15) is 32.4 Å². The highest BCUT2D eigenvalue weighted by Crippen LogP contribution is 2.18. The molecule has 98 valence electrons. The first kappa shape index (κ1) is 14.2. The molecular formula is C11H21N3O2S. The van der Waals surface area contributed by atoms with Gasteiger partial charge in [0.1, 0.15) is 4.90 Å². The molecule has 0 amide bonds. The van der Waals surface area contributed by atoms with Gasteiger partial charge in [0.15, 0.2) is 0 Å². The highest BCUT2D eigenvalue weighted by molar-refractivity contribution is 7.89. The lowest BCUT2D eigenvalue weighted by Crippen LogP contribution is -2.32. The Kier molecular flexibility index (Phi) is 4.70. The maximum Gasteiger partial charge on any atom is 0.246 e. The third-order valence-corrected chi connectivity index (χ3v) is 4.78. The van der Waals surface area contributed by atoms with Gasteiger partial charge in [-0.2, -0.15) is 9.40 Å². The molecule has 0 aromatic carbocycles. The average molecular weight is 259 g/mol. The largest absolute Gasteiger partial charge is 0.274 e. The molecule has 0 atom stereocenters. The fraction of sp³-hybridized carbons (Fsp3) is 0.727. The van der Waals surface area contributed by atoms with Crippen molar-refractivity contribution in [1.82, 2.24) is 14.1 Å². The first-order chi connectivity index (χ1) is 7.93. The number of aromatic nitrogens is 2. The van der Waals surface area contributed by atoms with E-state index in [2.05, 4.69) is 12.0 Å². The Bertz CT molecular complexity index is 465. The van der Waals surface area contributed by atoms with Gasteiger partial charge in [-0.3, -0.25) is 4.68 Å². The van der Waals surface area contributed by atoms with E-state index in [1.54, 1.807) is 20.2 Å². The topological polar surface area (TPSA) is 55.2 Å². The Morgan fingerprint density at radius 3 is 2.47 bits per heavy atom. The van der Waals surface area contributed by atoms with Crippen molar-refractivity contribution in [1.29, 1.82) is 0 Å². The predicted molar refractivity (Wildman–Crippen MR) is 67.3 cm³/mol. The number of rotatable bonds is 6. The van der Waals surface area contributed by atoms with Gasteiger partial charge in [-0.15, -0.1) is 0 Å². The van der Waals surface area contributed by atoms with Crippen molar-refractivity contribution in [2.24, 2.45) is 7.05 Å². The van der Waals surface area contributed by atoms with Crippen LogP contribution in [0.25, 0.3) is 0 Å². The summed E-state index contributed by atoms with van der Waals surface area (Å²) in [5.41, 5.74) is 0.558. The third kappa shape index (κ3) is 3.07. The SMILES string of the molecule is CCCCN(CC)S(=O)(=O)c1cn(C)nc1C. The lowest BCUT2D eigenvalue weighted by atomic mass is 10.3. The summed E-state index contributed by atoms with van der Waals surface area (Å²) in [6.45, 7) is 6.70. The molecule has 0 bridgehead atoms. The lowest BCUT2D eigenvalue weighted by Gasteiger charge is -2.19. The van der Waals surface area contributed by atoms with Crippen LogP contribution >= 0.6 is 0 Å². The smallest absolute Gasteiger partial charge is 0.246 e. The van der Waals surface area contributed by atoms with Gasteiger partial charge in [-0.05, 0) is 13.3 Å². The van der Waals surface area contributed by atoms with Gasteiger partial charge < -0.3 is 0 Å². The summed E-state index contributed by atoms with van der Waals surface area (Å²) in [6, 6.07) is 0. The number of hydrogen-bond acceptors (Lipinski definition) is 3. The van der Waals surface area contributed by atoms with E-state index in [1.165, 1.54) is 8.99 Å². The fourth-order valence-corrected chi connectivity index (χ4v) is 3.44. The maximum absolute atomic E-state index is 12.4. The van der Waals surface area contributed by atoms with Crippen LogP contribution in [0.15, 0.2) is 11.1 Å². The van der Waals surface area contributed by atoms with Crippen molar-refractivity contribution in [3.8, 4) is 0 Å². The number of unbranched alkanes of at least 4 members (excludes halogenated alkanes) is 1. The second-order valence-corrected chi connectivity index (χ2v) is 6.01. The maximum atomic E-state index is 12.4. The molecule has 0 N–H and O–H groups in total. The van der Waals surface area contributed by atoms with Crippen LogP contribution in [0.2, 0.25) is 0 Å². The first-order valence-electron chi connectivity index (χ1n) is 5.93. The molecule has 0 saturated carbocycles. The summed E-state index contributed by atoms with van der Waals surface area (Å²) in [4.78, 5) is 0.318. The number of sulfonamides is 1. The van der Waals surface area contributed by atoms with E-state index in [0.29, 0.717) is 23.7 Å². The summed E-state index contributed by atoms with van der Waals surface area (Å²) in [5.74, 6) is 0. The molecule has 0 saturated heterocycles. The zero-order valence-corrected chi connectivity index (χ0v) is 11.8. The number of hydrogen-bond donors (Lipinski definition) is 0. The van der Waals surface area contributed by atoms with E-state index in [0.717, 1.165) is 12.8 Å². The van der Waals surface area contributed by atoms with Crippen LogP contribution in [-0.2, 0) is 17.1 Å². The average Bonchev–Trinajstić information content (AvgIpc) is 2.59. The van der Waals surface area contributed by atoms with Crippen molar-refractivity contribution in [3.05, 3.63) is 11.9 Å². The van der Waals surface area contributed by atoms with Crippen LogP contribution in [0.3, 0.4) is 0 Å². The summed E-state index contributed by atoms with van der Waals surface area (Å²) in [7, 11) is -1.65. The molecule has 1 aromatic rings. The van der Waals surface area contributed by atoms with Crippen LogP contribution in [0, 0.1) is 6.92 Å². The molecule has 0 spiro atoms. The Morgan fingerprint density at radius 2 is 2.06 bits per heavy atom. The molecule has 0 aliphatic carbocycles. The van der Waals surface area contributed by atoms with Gasteiger partial charge in [-0.25, -0.2) is 8.42 Å². The van der Waals surface area contributed by atoms with Gasteiger partial charge in [0, 0.05) is 26.3 Å². The molecule has 17 heavy (non-hydrogen) atoms. The minimum absolute atomic E-state index is 0.318. The minimum atomic E-state index is -3.38. The first-order valence-corrected chi connectivity index (χ1v) is 7.37. The molecule has 5 nitrogen and oxygen atoms in total. The van der Waals surface area contributed by atoms with E-state index in [4.69, 9.17) is 0 Å². The molecule has 6 heteroatoms. The summed E-state index contributed by atoms with van der Waals surface area (Å²) < 4.78 is 27.8. The van der Waals surface area contributed by atoms with E-state index < -0.39 is 10.0 Å². The highest BCUT2D eigenvalue weighted by atomic mass is 32.2. The molecule has 0 aliphatic heterocycles. The number of aryl methyl sites for hydroxylation is 2. The Hall–Kier alpha value is -0.880. The lowest BCUT2D eigenvalue weighted by molar-refractivity contribution is 0.418. The van der Waals surface area contributed by atoms with Crippen LogP contribution < -0.4 is 0 Å². The summed E-state index contributed by atoms with van der Waals surface area (Å²) >= 11 is 0. The third-order valence-electron chi connectivity index (χ3n) is 2.70. The van der Waals surface area contributed by atoms with E-state index in [-0.39, 0.29) is 0 Å². The van der Waals surface area contributed by atoms with Crippen LogP contribution in [-0.4, -0.2) is 35.6 Å². The van der Waals surface area contributed by atoms with Gasteiger partial charge in [-0.1, -0.05) is 20.3 Å². The Morgan fingerprint density at radius 1 is 1.41 bits per heavy atom. The molecule has 0 radical (unpaired) electrons. The summed E-state index contributed by atoms with van der Waals surface area (Å²) in [5, 5.41) is 4.09. The number of nitrogens with zero attached hydrogens (tertiary/aromatic N) is 3. The van der Waals surface area contributed by atoms with Gasteiger partial charge in [0.2, 0.25) is 10.0 Å². The summed E-state index contributed by atoms with van der Waals surface area (Å²) in [6.07, 6.45) is 3.43. The fourth-order valence-electron chi connectivity index (χ4n) is 1.75. The monoisotopic (exact) mass is 259 g/mol. The van der Waals surface area contributed by atoms with Crippen molar-refractivity contribution in [2.45, 2.75) is 38.5 Å². The van der Waals surface area contributed by atoms with E-state index >= 15 is 0 Å². The Balaban J connectivity index is 3.04. The normalized spacial score (nSPS) is 12.3. The molecular weight excluding hydrogens is 238 g/mol. The van der Waals surface area contributed by atoms with Crippen molar-refractivity contribution >= 4 is 10.0 Å². The van der Waals surface area contributed by atoms with Crippen LogP contribution in [0.4, 0.5) is 0 Å². The quantitative estimate of drug-likeness (QED) is 0.778. The standard InChI is InChI=1S/C11H21N3O2S/c1-5-7-8-14(6-2)17(15,16)11-9-13(4)12-10(11)3/h9H,5-8H2,1-4H3.